The molecule has 0 spiro atoms. The van der Waals surface area contributed by atoms with E-state index in [0.717, 1.165) is 38.5 Å². The first-order valence-electron chi connectivity index (χ1n) is 28.2. The molecule has 382 valence electrons. The minimum absolute atomic E-state index is 0.132. The lowest BCUT2D eigenvalue weighted by molar-refractivity contribution is -0.302. The summed E-state index contributed by atoms with van der Waals surface area (Å²) in [5.41, 5.74) is 0. The fourth-order valence-corrected chi connectivity index (χ4v) is 9.46. The normalized spacial score (nSPS) is 19.9. The minimum Gasteiger partial charge on any atom is -0.394 e. The van der Waals surface area contributed by atoms with Crippen LogP contribution in [0.25, 0.3) is 0 Å². The van der Waals surface area contributed by atoms with Gasteiger partial charge in [-0.3, -0.25) is 4.79 Å². The fourth-order valence-electron chi connectivity index (χ4n) is 9.46. The van der Waals surface area contributed by atoms with E-state index >= 15 is 0 Å². The first-order chi connectivity index (χ1) is 31.3. The molecule has 0 aliphatic carbocycles. The number of hydrogen-bond acceptors (Lipinski definition) is 8. The Morgan fingerprint density at radius 2 is 0.781 bits per heavy atom. The maximum atomic E-state index is 13.0. The van der Waals surface area contributed by atoms with Crippen molar-refractivity contribution in [1.82, 2.24) is 5.32 Å². The molecule has 6 N–H and O–H groups in total. The molecule has 2 unspecified atom stereocenters. The second-order valence-corrected chi connectivity index (χ2v) is 20.1. The standard InChI is InChI=1S/C55H109NO8/c1-3-5-7-9-11-13-15-16-17-18-19-20-21-22-23-24-25-26-27-28-29-30-31-32-33-35-37-39-41-43-45-51(59)56-48(47-63-55-54(62)53(61)52(60)50(46-57)64-55)49(58)44-42-40-38-36-34-14-12-10-8-6-4-2/h48-50,52-55,57-58,60-62H,3-47H2,1-2H3,(H,56,59)/t48-,49+,50+,52-,53?,54?,55+/m0/s1. The summed E-state index contributed by atoms with van der Waals surface area (Å²) in [7, 11) is 0. The Balaban J connectivity index is 2.08. The smallest absolute Gasteiger partial charge is 0.220 e. The molecular formula is C55H109NO8. The highest BCUT2D eigenvalue weighted by atomic mass is 16.7. The van der Waals surface area contributed by atoms with Crippen LogP contribution < -0.4 is 5.32 Å². The molecule has 1 fully saturated rings. The number of carbonyl (C=O) groups excluding carboxylic acids is 1. The monoisotopic (exact) mass is 912 g/mol. The van der Waals surface area contributed by atoms with Gasteiger partial charge in [-0.15, -0.1) is 0 Å². The van der Waals surface area contributed by atoms with Crippen LogP contribution in [0, 0.1) is 0 Å². The molecule has 64 heavy (non-hydrogen) atoms. The highest BCUT2D eigenvalue weighted by Gasteiger charge is 2.44. The molecule has 7 atom stereocenters. The van der Waals surface area contributed by atoms with Gasteiger partial charge in [-0.05, 0) is 12.8 Å². The van der Waals surface area contributed by atoms with E-state index in [0.29, 0.717) is 12.8 Å². The molecule has 0 bridgehead atoms. The van der Waals surface area contributed by atoms with Crippen LogP contribution in [0.2, 0.25) is 0 Å². The van der Waals surface area contributed by atoms with Crippen molar-refractivity contribution in [2.24, 2.45) is 0 Å². The third-order valence-corrected chi connectivity index (χ3v) is 14.0. The van der Waals surface area contributed by atoms with Gasteiger partial charge in [0.15, 0.2) is 6.29 Å². The number of aliphatic hydroxyl groups excluding tert-OH is 5. The first-order valence-corrected chi connectivity index (χ1v) is 28.2. The number of ether oxygens (including phenoxy) is 2. The Bertz CT molecular complexity index is 970. The SMILES string of the molecule is CCCCCCCCCCCCCCCCCCCCCCCCCCCCCCCCC(=O)N[C@@H](CO[C@@H]1O[C@H](CO)[C@H](O)C(O)C1O)[C@H](O)CCCCCCCCCCCCC. The van der Waals surface area contributed by atoms with E-state index in [4.69, 9.17) is 9.47 Å². The number of unbranched alkanes of at least 4 members (excludes halogenated alkanes) is 39. The summed E-state index contributed by atoms with van der Waals surface area (Å²) in [5, 5.41) is 54.4. The van der Waals surface area contributed by atoms with Gasteiger partial charge in [0, 0.05) is 6.42 Å². The second kappa shape index (κ2) is 45.9. The molecule has 0 saturated carbocycles. The molecule has 0 aromatic heterocycles. The van der Waals surface area contributed by atoms with Crippen molar-refractivity contribution in [3.05, 3.63) is 0 Å². The summed E-state index contributed by atoms with van der Waals surface area (Å²) in [4.78, 5) is 13.0. The summed E-state index contributed by atoms with van der Waals surface area (Å²) in [6.07, 6.45) is 47.3. The van der Waals surface area contributed by atoms with E-state index in [1.54, 1.807) is 0 Å². The Labute approximate surface area is 395 Å². The molecule has 1 aliphatic rings. The lowest BCUT2D eigenvalue weighted by atomic mass is 9.99. The van der Waals surface area contributed by atoms with Crippen LogP contribution in [-0.4, -0.2) is 87.5 Å². The zero-order chi connectivity index (χ0) is 46.6. The Hall–Kier alpha value is -0.810. The van der Waals surface area contributed by atoms with E-state index < -0.39 is 49.5 Å². The van der Waals surface area contributed by atoms with Crippen LogP contribution in [0.5, 0.6) is 0 Å². The van der Waals surface area contributed by atoms with Crippen LogP contribution >= 0.6 is 0 Å². The summed E-state index contributed by atoms with van der Waals surface area (Å²) in [6.45, 7) is 3.86. The van der Waals surface area contributed by atoms with Crippen LogP contribution in [0.15, 0.2) is 0 Å². The number of hydrogen-bond donors (Lipinski definition) is 6. The van der Waals surface area contributed by atoms with Crippen molar-refractivity contribution in [3.8, 4) is 0 Å². The minimum atomic E-state index is -1.55. The van der Waals surface area contributed by atoms with Gasteiger partial charge < -0.3 is 40.3 Å². The van der Waals surface area contributed by atoms with E-state index in [9.17, 15) is 30.3 Å². The van der Waals surface area contributed by atoms with Gasteiger partial charge in [0.05, 0.1) is 25.4 Å². The number of aliphatic hydroxyl groups is 5. The largest absolute Gasteiger partial charge is 0.394 e. The number of nitrogens with one attached hydrogen (secondary N) is 1. The average Bonchev–Trinajstić information content (AvgIpc) is 3.29. The summed E-state index contributed by atoms with van der Waals surface area (Å²) >= 11 is 0. The Kier molecular flexibility index (Phi) is 43.9. The van der Waals surface area contributed by atoms with Crippen LogP contribution in [-0.2, 0) is 14.3 Å². The number of carbonyl (C=O) groups is 1. The molecule has 1 aliphatic heterocycles. The third kappa shape index (κ3) is 35.3. The molecule has 1 heterocycles. The zero-order valence-electron chi connectivity index (χ0n) is 42.3. The summed E-state index contributed by atoms with van der Waals surface area (Å²) < 4.78 is 11.3. The molecule has 1 rings (SSSR count). The van der Waals surface area contributed by atoms with Gasteiger partial charge in [0.2, 0.25) is 5.91 Å². The lowest BCUT2D eigenvalue weighted by Crippen LogP contribution is -2.60. The maximum absolute atomic E-state index is 13.0. The number of rotatable bonds is 49. The van der Waals surface area contributed by atoms with E-state index in [-0.39, 0.29) is 12.5 Å². The van der Waals surface area contributed by atoms with Crippen molar-refractivity contribution in [2.75, 3.05) is 13.2 Å². The van der Waals surface area contributed by atoms with Crippen molar-refractivity contribution in [1.29, 1.82) is 0 Å². The lowest BCUT2D eigenvalue weighted by Gasteiger charge is -2.40. The molecule has 9 heteroatoms. The zero-order valence-corrected chi connectivity index (χ0v) is 42.3. The molecule has 1 saturated heterocycles. The highest BCUT2D eigenvalue weighted by molar-refractivity contribution is 5.76. The predicted molar refractivity (Wildman–Crippen MR) is 268 cm³/mol. The van der Waals surface area contributed by atoms with Crippen molar-refractivity contribution in [3.63, 3.8) is 0 Å². The quantitative estimate of drug-likeness (QED) is 0.0331. The molecule has 1 amide bonds. The van der Waals surface area contributed by atoms with Crippen molar-refractivity contribution >= 4 is 5.91 Å². The van der Waals surface area contributed by atoms with E-state index in [1.165, 1.54) is 225 Å². The van der Waals surface area contributed by atoms with Crippen molar-refractivity contribution < 1.29 is 39.8 Å². The maximum Gasteiger partial charge on any atom is 0.220 e. The van der Waals surface area contributed by atoms with Gasteiger partial charge in [-0.2, -0.15) is 0 Å². The van der Waals surface area contributed by atoms with Gasteiger partial charge in [-0.25, -0.2) is 0 Å². The number of amides is 1. The first kappa shape index (κ1) is 61.2. The molecule has 9 nitrogen and oxygen atoms in total. The Morgan fingerprint density at radius 3 is 1.11 bits per heavy atom. The molecule has 0 radical (unpaired) electrons. The second-order valence-electron chi connectivity index (χ2n) is 20.1. The van der Waals surface area contributed by atoms with Gasteiger partial charge in [0.1, 0.15) is 24.4 Å². The summed E-state index contributed by atoms with van der Waals surface area (Å²) in [6, 6.07) is -0.712. The van der Waals surface area contributed by atoms with E-state index in [1.807, 2.05) is 0 Å². The van der Waals surface area contributed by atoms with E-state index in [2.05, 4.69) is 19.2 Å². The van der Waals surface area contributed by atoms with Crippen LogP contribution in [0.4, 0.5) is 0 Å². The average molecular weight is 912 g/mol. The molecule has 0 aromatic rings. The molecular weight excluding hydrogens is 803 g/mol. The van der Waals surface area contributed by atoms with Gasteiger partial charge >= 0.3 is 0 Å². The van der Waals surface area contributed by atoms with Gasteiger partial charge in [-0.1, -0.05) is 271 Å². The highest BCUT2D eigenvalue weighted by Crippen LogP contribution is 2.23. The third-order valence-electron chi connectivity index (χ3n) is 14.0. The molecule has 0 aromatic carbocycles. The summed E-state index contributed by atoms with van der Waals surface area (Å²) in [5.74, 6) is -0.138. The van der Waals surface area contributed by atoms with Crippen LogP contribution in [0.1, 0.15) is 290 Å². The van der Waals surface area contributed by atoms with Crippen LogP contribution in [0.3, 0.4) is 0 Å². The van der Waals surface area contributed by atoms with Gasteiger partial charge in [0.25, 0.3) is 0 Å². The predicted octanol–water partition coefficient (Wildman–Crippen LogP) is 13.5. The topological polar surface area (TPSA) is 149 Å². The van der Waals surface area contributed by atoms with Crippen molar-refractivity contribution in [2.45, 2.75) is 333 Å². The Morgan fingerprint density at radius 1 is 0.469 bits per heavy atom. The fraction of sp³-hybridized carbons (Fsp3) is 0.982.